The van der Waals surface area contributed by atoms with Gasteiger partial charge in [-0.15, -0.1) is 0 Å². The van der Waals surface area contributed by atoms with Gasteiger partial charge in [-0.25, -0.2) is 0 Å². The third kappa shape index (κ3) is 2.82. The van der Waals surface area contributed by atoms with Crippen LogP contribution in [0.4, 0.5) is 11.4 Å². The Hall–Kier alpha value is -0.720. The highest BCUT2D eigenvalue weighted by Gasteiger charge is 2.30. The standard InChI is InChI=1S/C14H20BrN3OS/c1-8(7-20-4)18(3)12-6-11-9(5-10(12)15)13(16-2)14(19)17-11/h5-6,8,13,16H,7H2,1-4H3,(H,17,19). The first-order valence-corrected chi connectivity index (χ1v) is 8.71. The Labute approximate surface area is 132 Å². The van der Waals surface area contributed by atoms with E-state index in [1.807, 2.05) is 23.9 Å². The van der Waals surface area contributed by atoms with Crippen LogP contribution in [-0.2, 0) is 4.79 Å². The molecule has 1 aromatic carbocycles. The molecule has 2 atom stereocenters. The number of carbonyl (C=O) groups excluding carboxylic acids is 1. The normalized spacial score (nSPS) is 18.6. The van der Waals surface area contributed by atoms with Gasteiger partial charge in [-0.3, -0.25) is 4.79 Å². The van der Waals surface area contributed by atoms with Gasteiger partial charge >= 0.3 is 0 Å². The summed E-state index contributed by atoms with van der Waals surface area (Å²) in [5.74, 6) is 1.07. The fourth-order valence-electron chi connectivity index (χ4n) is 2.42. The van der Waals surface area contributed by atoms with Crippen molar-refractivity contribution in [2.45, 2.75) is 19.0 Å². The Balaban J connectivity index is 2.35. The molecular weight excluding hydrogens is 338 g/mol. The fourth-order valence-corrected chi connectivity index (χ4v) is 3.76. The molecule has 1 amide bonds. The minimum absolute atomic E-state index is 0.00589. The van der Waals surface area contributed by atoms with Crippen LogP contribution in [-0.4, -0.2) is 38.1 Å². The van der Waals surface area contributed by atoms with E-state index in [0.29, 0.717) is 6.04 Å². The van der Waals surface area contributed by atoms with Gasteiger partial charge in [-0.2, -0.15) is 11.8 Å². The zero-order valence-corrected chi connectivity index (χ0v) is 14.6. The summed E-state index contributed by atoms with van der Waals surface area (Å²) in [7, 11) is 3.88. The Bertz CT molecular complexity index is 523. The summed E-state index contributed by atoms with van der Waals surface area (Å²) in [6, 6.07) is 4.25. The number of halogens is 1. The molecule has 0 aromatic heterocycles. The van der Waals surface area contributed by atoms with Gasteiger partial charge in [0.1, 0.15) is 6.04 Å². The van der Waals surface area contributed by atoms with Gasteiger partial charge in [0.15, 0.2) is 0 Å². The summed E-state index contributed by atoms with van der Waals surface area (Å²) < 4.78 is 1.02. The number of amides is 1. The first-order valence-electron chi connectivity index (χ1n) is 6.53. The molecule has 0 fully saturated rings. The lowest BCUT2D eigenvalue weighted by atomic mass is 10.1. The van der Waals surface area contributed by atoms with Crippen molar-refractivity contribution in [1.29, 1.82) is 0 Å². The van der Waals surface area contributed by atoms with E-state index >= 15 is 0 Å². The Morgan fingerprint density at radius 2 is 2.25 bits per heavy atom. The molecular formula is C14H20BrN3OS. The number of thioether (sulfide) groups is 1. The summed E-state index contributed by atoms with van der Waals surface area (Å²) >= 11 is 5.46. The second-order valence-electron chi connectivity index (χ2n) is 5.02. The number of nitrogens with one attached hydrogen (secondary N) is 2. The third-order valence-electron chi connectivity index (χ3n) is 3.69. The SMILES string of the molecule is CNC1C(=O)Nc2cc(N(C)C(C)CSC)c(Br)cc21. The number of likely N-dealkylation sites (N-methyl/N-ethyl adjacent to an activating group) is 1. The number of rotatable bonds is 5. The minimum atomic E-state index is -0.260. The molecule has 1 aromatic rings. The van der Waals surface area contributed by atoms with Crippen molar-refractivity contribution in [2.75, 3.05) is 36.3 Å². The lowest BCUT2D eigenvalue weighted by molar-refractivity contribution is -0.117. The van der Waals surface area contributed by atoms with Gasteiger partial charge in [0, 0.05) is 34.6 Å². The number of carbonyl (C=O) groups is 1. The lowest BCUT2D eigenvalue weighted by Crippen LogP contribution is -2.31. The van der Waals surface area contributed by atoms with Crippen LogP contribution in [0.1, 0.15) is 18.5 Å². The van der Waals surface area contributed by atoms with Crippen molar-refractivity contribution in [1.82, 2.24) is 5.32 Å². The van der Waals surface area contributed by atoms with E-state index < -0.39 is 0 Å². The average Bonchev–Trinajstić information content (AvgIpc) is 2.71. The van der Waals surface area contributed by atoms with Gasteiger partial charge in [0.2, 0.25) is 5.91 Å². The molecule has 20 heavy (non-hydrogen) atoms. The zero-order chi connectivity index (χ0) is 14.9. The van der Waals surface area contributed by atoms with E-state index in [0.717, 1.165) is 27.2 Å². The predicted molar refractivity (Wildman–Crippen MR) is 90.8 cm³/mol. The molecule has 2 rings (SSSR count). The van der Waals surface area contributed by atoms with Crippen molar-refractivity contribution in [3.8, 4) is 0 Å². The number of hydrogen-bond donors (Lipinski definition) is 2. The maximum absolute atomic E-state index is 11.9. The first-order chi connectivity index (χ1) is 9.49. The van der Waals surface area contributed by atoms with Gasteiger partial charge < -0.3 is 15.5 Å². The van der Waals surface area contributed by atoms with Crippen molar-refractivity contribution >= 4 is 45.0 Å². The number of benzene rings is 1. The molecule has 0 radical (unpaired) electrons. The van der Waals surface area contributed by atoms with Crippen molar-refractivity contribution < 1.29 is 4.79 Å². The second-order valence-corrected chi connectivity index (χ2v) is 6.78. The smallest absolute Gasteiger partial charge is 0.246 e. The molecule has 2 unspecified atom stereocenters. The summed E-state index contributed by atoms with van der Waals surface area (Å²) in [5, 5.41) is 5.98. The molecule has 0 saturated carbocycles. The van der Waals surface area contributed by atoms with Crippen LogP contribution in [0.5, 0.6) is 0 Å². The van der Waals surface area contributed by atoms with Crippen LogP contribution in [0.25, 0.3) is 0 Å². The highest BCUT2D eigenvalue weighted by atomic mass is 79.9. The summed E-state index contributed by atoms with van der Waals surface area (Å²) in [5.41, 5.74) is 3.00. The summed E-state index contributed by atoms with van der Waals surface area (Å²) in [4.78, 5) is 14.1. The number of anilines is 2. The number of hydrogen-bond acceptors (Lipinski definition) is 4. The van der Waals surface area contributed by atoms with E-state index in [4.69, 9.17) is 0 Å². The largest absolute Gasteiger partial charge is 0.370 e. The Morgan fingerprint density at radius 3 is 2.85 bits per heavy atom. The second kappa shape index (κ2) is 6.37. The first kappa shape index (κ1) is 15.7. The summed E-state index contributed by atoms with van der Waals surface area (Å²) in [6.45, 7) is 2.20. The van der Waals surface area contributed by atoms with Crippen molar-refractivity contribution in [3.63, 3.8) is 0 Å². The molecule has 1 aliphatic heterocycles. The van der Waals surface area contributed by atoms with E-state index in [2.05, 4.69) is 51.7 Å². The highest BCUT2D eigenvalue weighted by Crippen LogP contribution is 2.39. The average molecular weight is 358 g/mol. The van der Waals surface area contributed by atoms with E-state index in [-0.39, 0.29) is 11.9 Å². The molecule has 2 N–H and O–H groups in total. The maximum atomic E-state index is 11.9. The van der Waals surface area contributed by atoms with Gasteiger partial charge in [0.05, 0.1) is 5.69 Å². The van der Waals surface area contributed by atoms with E-state index in [9.17, 15) is 4.79 Å². The van der Waals surface area contributed by atoms with E-state index in [1.165, 1.54) is 0 Å². The topological polar surface area (TPSA) is 44.4 Å². The maximum Gasteiger partial charge on any atom is 0.246 e. The summed E-state index contributed by atoms with van der Waals surface area (Å²) in [6.07, 6.45) is 2.11. The zero-order valence-electron chi connectivity index (χ0n) is 12.2. The van der Waals surface area contributed by atoms with Crippen LogP contribution in [0.2, 0.25) is 0 Å². The van der Waals surface area contributed by atoms with E-state index in [1.54, 1.807) is 7.05 Å². The lowest BCUT2D eigenvalue weighted by Gasteiger charge is -2.28. The van der Waals surface area contributed by atoms with Crippen LogP contribution >= 0.6 is 27.7 Å². The molecule has 0 saturated heterocycles. The molecule has 110 valence electrons. The molecule has 4 nitrogen and oxygen atoms in total. The number of fused-ring (bicyclic) bond motifs is 1. The molecule has 1 aliphatic rings. The monoisotopic (exact) mass is 357 g/mol. The van der Waals surface area contributed by atoms with Crippen molar-refractivity contribution in [3.05, 3.63) is 22.2 Å². The van der Waals surface area contributed by atoms with Gasteiger partial charge in [0.25, 0.3) is 0 Å². The quantitative estimate of drug-likeness (QED) is 0.850. The molecule has 0 spiro atoms. The van der Waals surface area contributed by atoms with Crippen LogP contribution in [0, 0.1) is 0 Å². The molecule has 6 heteroatoms. The van der Waals surface area contributed by atoms with Gasteiger partial charge in [-0.05, 0) is 48.3 Å². The number of nitrogens with zero attached hydrogens (tertiary/aromatic N) is 1. The van der Waals surface area contributed by atoms with Crippen LogP contribution in [0.3, 0.4) is 0 Å². The minimum Gasteiger partial charge on any atom is -0.370 e. The Morgan fingerprint density at radius 1 is 1.55 bits per heavy atom. The Kier molecular flexibility index (Phi) is 4.99. The predicted octanol–water partition coefficient (Wildman–Crippen LogP) is 2.85. The fraction of sp³-hybridized carbons (Fsp3) is 0.500. The van der Waals surface area contributed by atoms with Crippen LogP contribution in [0.15, 0.2) is 16.6 Å². The highest BCUT2D eigenvalue weighted by molar-refractivity contribution is 9.10. The molecule has 0 aliphatic carbocycles. The molecule has 1 heterocycles. The van der Waals surface area contributed by atoms with Crippen molar-refractivity contribution in [2.24, 2.45) is 0 Å². The van der Waals surface area contributed by atoms with Gasteiger partial charge in [-0.1, -0.05) is 0 Å². The van der Waals surface area contributed by atoms with Crippen LogP contribution < -0.4 is 15.5 Å². The third-order valence-corrected chi connectivity index (χ3v) is 5.14. The molecule has 0 bridgehead atoms.